The summed E-state index contributed by atoms with van der Waals surface area (Å²) in [5.74, 6) is -0.106. The van der Waals surface area contributed by atoms with Crippen LogP contribution in [0.5, 0.6) is 0 Å². The van der Waals surface area contributed by atoms with Crippen LogP contribution in [-0.4, -0.2) is 61.8 Å². The second kappa shape index (κ2) is 9.93. The van der Waals surface area contributed by atoms with Crippen LogP contribution in [0.4, 0.5) is 10.5 Å². The Bertz CT molecular complexity index is 953. The summed E-state index contributed by atoms with van der Waals surface area (Å²) in [5, 5.41) is 0.994. The third-order valence-electron chi connectivity index (χ3n) is 4.77. The molecular formula is C22H26BrN3O4. The van der Waals surface area contributed by atoms with Crippen molar-refractivity contribution in [1.82, 2.24) is 9.88 Å². The zero-order valence-corrected chi connectivity index (χ0v) is 19.0. The van der Waals surface area contributed by atoms with Crippen molar-refractivity contribution < 1.29 is 19.1 Å². The number of fused-ring (bicyclic) bond motifs is 1. The minimum Gasteiger partial charge on any atom is -0.466 e. The Labute approximate surface area is 184 Å². The predicted molar refractivity (Wildman–Crippen MR) is 120 cm³/mol. The molecule has 1 saturated heterocycles. The van der Waals surface area contributed by atoms with E-state index in [4.69, 9.17) is 9.72 Å². The normalized spacial score (nSPS) is 14.6. The van der Waals surface area contributed by atoms with Crippen molar-refractivity contribution in [3.63, 3.8) is 0 Å². The number of ether oxygens (including phenoxy) is 2. The number of esters is 1. The number of amides is 1. The molecule has 2 aromatic rings. The number of carbonyl (C=O) groups is 2. The lowest BCUT2D eigenvalue weighted by molar-refractivity contribution is -0.134. The average molecular weight is 476 g/mol. The highest BCUT2D eigenvalue weighted by Gasteiger charge is 2.24. The number of methoxy groups -OCH3 is 1. The molecule has 0 saturated carbocycles. The highest BCUT2D eigenvalue weighted by Crippen LogP contribution is 2.31. The van der Waals surface area contributed by atoms with Gasteiger partial charge in [0, 0.05) is 42.1 Å². The topological polar surface area (TPSA) is 72.0 Å². The van der Waals surface area contributed by atoms with Crippen LogP contribution in [0.25, 0.3) is 17.0 Å². The Hall–Kier alpha value is -2.61. The molecule has 0 bridgehead atoms. The quantitative estimate of drug-likeness (QED) is 0.478. The molecule has 0 spiro atoms. The largest absolute Gasteiger partial charge is 0.466 e. The molecule has 0 aliphatic carbocycles. The lowest BCUT2D eigenvalue weighted by atomic mass is 10.1. The molecule has 1 aliphatic rings. The van der Waals surface area contributed by atoms with Gasteiger partial charge in [-0.1, -0.05) is 35.8 Å². The Morgan fingerprint density at radius 3 is 2.60 bits per heavy atom. The van der Waals surface area contributed by atoms with Crippen molar-refractivity contribution in [3.8, 4) is 0 Å². The van der Waals surface area contributed by atoms with Gasteiger partial charge in [0.1, 0.15) is 0 Å². The van der Waals surface area contributed by atoms with Gasteiger partial charge >= 0.3 is 12.1 Å². The summed E-state index contributed by atoms with van der Waals surface area (Å²) >= 11 is 3.58. The maximum atomic E-state index is 12.2. The van der Waals surface area contributed by atoms with Gasteiger partial charge in [-0.3, -0.25) is 0 Å². The number of rotatable bonds is 5. The van der Waals surface area contributed by atoms with E-state index in [9.17, 15) is 9.59 Å². The SMILES string of the molecule is COC(=O)C=Cc1ccc2cc(Br)cc(N3CCN(C(=O)OCC(C)C)CC3)c2n1. The smallest absolute Gasteiger partial charge is 0.409 e. The Balaban J connectivity index is 1.79. The van der Waals surface area contributed by atoms with Crippen molar-refractivity contribution >= 4 is 50.7 Å². The van der Waals surface area contributed by atoms with E-state index < -0.39 is 5.97 Å². The van der Waals surface area contributed by atoms with Crippen LogP contribution < -0.4 is 4.90 Å². The molecule has 2 heterocycles. The van der Waals surface area contributed by atoms with E-state index >= 15 is 0 Å². The molecular weight excluding hydrogens is 450 g/mol. The summed E-state index contributed by atoms with van der Waals surface area (Å²) in [6, 6.07) is 7.89. The molecule has 0 atom stereocenters. The summed E-state index contributed by atoms with van der Waals surface area (Å²) < 4.78 is 11.0. The third kappa shape index (κ3) is 5.50. The van der Waals surface area contributed by atoms with Gasteiger partial charge in [0.05, 0.1) is 30.6 Å². The van der Waals surface area contributed by atoms with Crippen molar-refractivity contribution in [1.29, 1.82) is 0 Å². The first-order valence-corrected chi connectivity index (χ1v) is 10.7. The molecule has 3 rings (SSSR count). The highest BCUT2D eigenvalue weighted by atomic mass is 79.9. The molecule has 1 amide bonds. The first-order valence-electron chi connectivity index (χ1n) is 9.90. The van der Waals surface area contributed by atoms with Crippen LogP contribution in [0.1, 0.15) is 19.5 Å². The average Bonchev–Trinajstić information content (AvgIpc) is 2.75. The number of hydrogen-bond donors (Lipinski definition) is 0. The fourth-order valence-electron chi connectivity index (χ4n) is 3.21. The van der Waals surface area contributed by atoms with E-state index in [-0.39, 0.29) is 6.09 Å². The van der Waals surface area contributed by atoms with Crippen molar-refractivity contribution in [2.75, 3.05) is 44.8 Å². The van der Waals surface area contributed by atoms with E-state index in [0.29, 0.717) is 44.4 Å². The molecule has 1 aromatic heterocycles. The van der Waals surface area contributed by atoms with Crippen LogP contribution in [0.15, 0.2) is 34.8 Å². The molecule has 7 nitrogen and oxygen atoms in total. The standard InChI is InChI=1S/C22H26BrN3O4/c1-15(2)14-30-22(28)26-10-8-25(9-11-26)19-13-17(23)12-16-4-5-18(24-21(16)19)6-7-20(27)29-3/h4-7,12-13,15H,8-11,14H2,1-3H3. The summed E-state index contributed by atoms with van der Waals surface area (Å²) in [5.41, 5.74) is 2.51. The summed E-state index contributed by atoms with van der Waals surface area (Å²) in [6.45, 7) is 7.02. The van der Waals surface area contributed by atoms with Crippen LogP contribution in [0.2, 0.25) is 0 Å². The van der Waals surface area contributed by atoms with E-state index in [1.54, 1.807) is 11.0 Å². The summed E-state index contributed by atoms with van der Waals surface area (Å²) in [7, 11) is 1.34. The number of aromatic nitrogens is 1. The second-order valence-corrected chi connectivity index (χ2v) is 8.45. The molecule has 0 radical (unpaired) electrons. The molecule has 160 valence electrons. The van der Waals surface area contributed by atoms with Gasteiger partial charge in [0.2, 0.25) is 0 Å². The molecule has 1 aromatic carbocycles. The molecule has 1 fully saturated rings. The summed E-state index contributed by atoms with van der Waals surface area (Å²) in [6.07, 6.45) is 2.74. The molecule has 0 unspecified atom stereocenters. The van der Waals surface area contributed by atoms with Crippen LogP contribution in [-0.2, 0) is 14.3 Å². The van der Waals surface area contributed by atoms with Crippen LogP contribution >= 0.6 is 15.9 Å². The van der Waals surface area contributed by atoms with Gasteiger partial charge in [-0.25, -0.2) is 14.6 Å². The number of carbonyl (C=O) groups excluding carboxylic acids is 2. The number of benzene rings is 1. The first kappa shape index (κ1) is 22.1. The lowest BCUT2D eigenvalue weighted by Crippen LogP contribution is -2.49. The number of piperazine rings is 1. The van der Waals surface area contributed by atoms with Gasteiger partial charge in [-0.15, -0.1) is 0 Å². The zero-order valence-electron chi connectivity index (χ0n) is 17.4. The Kier molecular flexibility index (Phi) is 7.31. The Morgan fingerprint density at radius 1 is 1.20 bits per heavy atom. The fraction of sp³-hybridized carbons (Fsp3) is 0.409. The van der Waals surface area contributed by atoms with Gasteiger partial charge in [-0.2, -0.15) is 0 Å². The van der Waals surface area contributed by atoms with Crippen molar-refractivity contribution in [3.05, 3.63) is 40.5 Å². The highest BCUT2D eigenvalue weighted by molar-refractivity contribution is 9.10. The number of nitrogens with zero attached hydrogens (tertiary/aromatic N) is 3. The maximum absolute atomic E-state index is 12.2. The van der Waals surface area contributed by atoms with Crippen molar-refractivity contribution in [2.45, 2.75) is 13.8 Å². The number of hydrogen-bond acceptors (Lipinski definition) is 6. The number of pyridine rings is 1. The van der Waals surface area contributed by atoms with E-state index in [2.05, 4.69) is 25.6 Å². The van der Waals surface area contributed by atoms with Gasteiger partial charge in [0.25, 0.3) is 0 Å². The first-order chi connectivity index (χ1) is 14.4. The van der Waals surface area contributed by atoms with Gasteiger partial charge in [0.15, 0.2) is 0 Å². The zero-order chi connectivity index (χ0) is 21.7. The predicted octanol–water partition coefficient (Wildman–Crippen LogP) is 4.10. The minimum absolute atomic E-state index is 0.254. The fourth-order valence-corrected chi connectivity index (χ4v) is 3.67. The van der Waals surface area contributed by atoms with Crippen molar-refractivity contribution in [2.24, 2.45) is 5.92 Å². The van der Waals surface area contributed by atoms with E-state index in [1.807, 2.05) is 38.1 Å². The maximum Gasteiger partial charge on any atom is 0.409 e. The Morgan fingerprint density at radius 2 is 1.93 bits per heavy atom. The lowest BCUT2D eigenvalue weighted by Gasteiger charge is -2.36. The van der Waals surface area contributed by atoms with Gasteiger partial charge in [-0.05, 0) is 30.2 Å². The van der Waals surface area contributed by atoms with Crippen LogP contribution in [0, 0.1) is 5.92 Å². The van der Waals surface area contributed by atoms with Gasteiger partial charge < -0.3 is 19.3 Å². The monoisotopic (exact) mass is 475 g/mol. The summed E-state index contributed by atoms with van der Waals surface area (Å²) in [4.78, 5) is 32.3. The molecule has 8 heteroatoms. The second-order valence-electron chi connectivity index (χ2n) is 7.53. The molecule has 1 aliphatic heterocycles. The molecule has 30 heavy (non-hydrogen) atoms. The van der Waals surface area contributed by atoms with E-state index in [1.165, 1.54) is 13.2 Å². The number of halogens is 1. The number of anilines is 1. The third-order valence-corrected chi connectivity index (χ3v) is 5.23. The van der Waals surface area contributed by atoms with Crippen LogP contribution in [0.3, 0.4) is 0 Å². The molecule has 0 N–H and O–H groups in total. The minimum atomic E-state index is -0.423. The van der Waals surface area contributed by atoms with E-state index in [0.717, 1.165) is 21.1 Å².